The molecule has 2 aromatic carbocycles. The lowest BCUT2D eigenvalue weighted by Crippen LogP contribution is -2.52. The first-order valence-corrected chi connectivity index (χ1v) is 11.4. The average molecular weight is 434 g/mol. The molecule has 6 heteroatoms. The SMILES string of the molecule is C[C@H]1C[C@H](C)CN(C(=O)CN2C(=O)NC(Cc3ccccc3)(Cc3ccccc3)C2=O)C1. The number of piperidine rings is 1. The van der Waals surface area contributed by atoms with Crippen molar-refractivity contribution in [2.75, 3.05) is 19.6 Å². The van der Waals surface area contributed by atoms with Crippen LogP contribution in [0.25, 0.3) is 0 Å². The number of imide groups is 1. The van der Waals surface area contributed by atoms with E-state index in [0.29, 0.717) is 37.8 Å². The quantitative estimate of drug-likeness (QED) is 0.711. The summed E-state index contributed by atoms with van der Waals surface area (Å²) >= 11 is 0. The van der Waals surface area contributed by atoms with E-state index in [-0.39, 0.29) is 18.4 Å². The molecule has 32 heavy (non-hydrogen) atoms. The second-order valence-electron chi connectivity index (χ2n) is 9.47. The number of nitrogens with zero attached hydrogens (tertiary/aromatic N) is 2. The van der Waals surface area contributed by atoms with Crippen LogP contribution in [0.5, 0.6) is 0 Å². The zero-order chi connectivity index (χ0) is 22.7. The van der Waals surface area contributed by atoms with Gasteiger partial charge in [-0.3, -0.25) is 14.5 Å². The van der Waals surface area contributed by atoms with Gasteiger partial charge in [-0.25, -0.2) is 4.79 Å². The topological polar surface area (TPSA) is 69.7 Å². The Balaban J connectivity index is 1.57. The molecular weight excluding hydrogens is 402 g/mol. The standard InChI is InChI=1S/C26H31N3O3/c1-19-13-20(2)17-28(16-19)23(30)18-29-24(31)26(27-25(29)32,14-21-9-5-3-6-10-21)15-22-11-7-4-8-12-22/h3-12,19-20H,13-18H2,1-2H3,(H,27,32)/t19-,20-/m0/s1. The number of likely N-dealkylation sites (tertiary alicyclic amines) is 1. The molecule has 6 nitrogen and oxygen atoms in total. The maximum absolute atomic E-state index is 13.7. The molecule has 2 saturated heterocycles. The first-order chi connectivity index (χ1) is 15.4. The Morgan fingerprint density at radius 2 is 1.41 bits per heavy atom. The van der Waals surface area contributed by atoms with Gasteiger partial charge in [0.25, 0.3) is 5.91 Å². The van der Waals surface area contributed by atoms with Crippen LogP contribution in [0.4, 0.5) is 4.79 Å². The molecule has 168 valence electrons. The highest BCUT2D eigenvalue weighted by molar-refractivity contribution is 6.09. The summed E-state index contributed by atoms with van der Waals surface area (Å²) in [4.78, 5) is 42.5. The van der Waals surface area contributed by atoms with Crippen molar-refractivity contribution in [3.8, 4) is 0 Å². The Kier molecular flexibility index (Phi) is 6.31. The summed E-state index contributed by atoms with van der Waals surface area (Å²) in [5.74, 6) is 0.339. The third-order valence-electron chi connectivity index (χ3n) is 6.46. The van der Waals surface area contributed by atoms with Crippen LogP contribution in [0.15, 0.2) is 60.7 Å². The molecule has 0 aromatic heterocycles. The van der Waals surface area contributed by atoms with Gasteiger partial charge in [-0.2, -0.15) is 0 Å². The van der Waals surface area contributed by atoms with Crippen molar-refractivity contribution in [1.82, 2.24) is 15.1 Å². The lowest BCUT2D eigenvalue weighted by atomic mass is 9.84. The Hall–Kier alpha value is -3.15. The van der Waals surface area contributed by atoms with Gasteiger partial charge in [0.1, 0.15) is 12.1 Å². The maximum atomic E-state index is 13.7. The summed E-state index contributed by atoms with van der Waals surface area (Å²) in [6.45, 7) is 5.40. The van der Waals surface area contributed by atoms with Gasteiger partial charge in [0.05, 0.1) is 0 Å². The Morgan fingerprint density at radius 1 is 0.906 bits per heavy atom. The zero-order valence-electron chi connectivity index (χ0n) is 18.8. The number of nitrogens with one attached hydrogen (secondary N) is 1. The van der Waals surface area contributed by atoms with Crippen LogP contribution in [-0.4, -0.2) is 52.8 Å². The normalized spacial score (nSPS) is 22.7. The number of carbonyl (C=O) groups excluding carboxylic acids is 3. The number of amides is 4. The third kappa shape index (κ3) is 4.69. The van der Waals surface area contributed by atoms with E-state index in [4.69, 9.17) is 0 Å². The molecule has 2 atom stereocenters. The van der Waals surface area contributed by atoms with Crippen LogP contribution in [0.2, 0.25) is 0 Å². The number of benzene rings is 2. The van der Waals surface area contributed by atoms with Crippen molar-refractivity contribution in [3.63, 3.8) is 0 Å². The summed E-state index contributed by atoms with van der Waals surface area (Å²) in [6, 6.07) is 18.9. The van der Waals surface area contributed by atoms with E-state index in [9.17, 15) is 14.4 Å². The molecule has 4 rings (SSSR count). The third-order valence-corrected chi connectivity index (χ3v) is 6.46. The fourth-order valence-electron chi connectivity index (χ4n) is 5.11. The van der Waals surface area contributed by atoms with E-state index in [2.05, 4.69) is 19.2 Å². The monoisotopic (exact) mass is 433 g/mol. The van der Waals surface area contributed by atoms with Gasteiger partial charge in [-0.15, -0.1) is 0 Å². The van der Waals surface area contributed by atoms with E-state index in [0.717, 1.165) is 22.4 Å². The van der Waals surface area contributed by atoms with Crippen molar-refractivity contribution in [2.45, 2.75) is 38.6 Å². The van der Waals surface area contributed by atoms with Crippen LogP contribution in [0.3, 0.4) is 0 Å². The Morgan fingerprint density at radius 3 is 1.91 bits per heavy atom. The van der Waals surface area contributed by atoms with Gasteiger partial charge in [-0.05, 0) is 29.4 Å². The first kappa shape index (κ1) is 22.1. The van der Waals surface area contributed by atoms with Crippen LogP contribution < -0.4 is 5.32 Å². The van der Waals surface area contributed by atoms with Crippen molar-refractivity contribution < 1.29 is 14.4 Å². The molecule has 0 unspecified atom stereocenters. The van der Waals surface area contributed by atoms with E-state index in [1.54, 1.807) is 4.90 Å². The summed E-state index contributed by atoms with van der Waals surface area (Å²) in [5, 5.41) is 2.96. The summed E-state index contributed by atoms with van der Waals surface area (Å²) in [6.07, 6.45) is 1.83. The molecule has 2 heterocycles. The molecule has 0 aliphatic carbocycles. The molecule has 0 radical (unpaired) electrons. The van der Waals surface area contributed by atoms with Crippen LogP contribution in [0.1, 0.15) is 31.4 Å². The van der Waals surface area contributed by atoms with Crippen molar-refractivity contribution >= 4 is 17.8 Å². The number of hydrogen-bond acceptors (Lipinski definition) is 3. The van der Waals surface area contributed by atoms with Crippen LogP contribution >= 0.6 is 0 Å². The minimum atomic E-state index is -1.11. The largest absolute Gasteiger partial charge is 0.341 e. The van der Waals surface area contributed by atoms with Crippen molar-refractivity contribution in [1.29, 1.82) is 0 Å². The highest BCUT2D eigenvalue weighted by Gasteiger charge is 2.51. The zero-order valence-corrected chi connectivity index (χ0v) is 18.8. The molecule has 0 saturated carbocycles. The van der Waals surface area contributed by atoms with Gasteiger partial charge in [0.15, 0.2) is 0 Å². The minimum absolute atomic E-state index is 0.165. The van der Waals surface area contributed by atoms with Gasteiger partial charge >= 0.3 is 6.03 Å². The number of rotatable bonds is 6. The maximum Gasteiger partial charge on any atom is 0.325 e. The molecule has 1 N–H and O–H groups in total. The second-order valence-corrected chi connectivity index (χ2v) is 9.47. The Labute approximate surface area is 189 Å². The van der Waals surface area contributed by atoms with Gasteiger partial charge in [-0.1, -0.05) is 74.5 Å². The smallest absolute Gasteiger partial charge is 0.325 e. The van der Waals surface area contributed by atoms with E-state index >= 15 is 0 Å². The molecule has 4 amide bonds. The predicted molar refractivity (Wildman–Crippen MR) is 123 cm³/mol. The van der Waals surface area contributed by atoms with Crippen molar-refractivity contribution in [3.05, 3.63) is 71.8 Å². The minimum Gasteiger partial charge on any atom is -0.341 e. The van der Waals surface area contributed by atoms with Gasteiger partial charge in [0.2, 0.25) is 5.91 Å². The van der Waals surface area contributed by atoms with Gasteiger partial charge < -0.3 is 10.2 Å². The second kappa shape index (κ2) is 9.15. The highest BCUT2D eigenvalue weighted by atomic mass is 16.2. The fraction of sp³-hybridized carbons (Fsp3) is 0.423. The molecule has 2 aliphatic heterocycles. The molecule has 2 aromatic rings. The lowest BCUT2D eigenvalue weighted by molar-refractivity contribution is -0.140. The molecule has 0 spiro atoms. The molecule has 0 bridgehead atoms. The predicted octanol–water partition coefficient (Wildman–Crippen LogP) is 3.27. The first-order valence-electron chi connectivity index (χ1n) is 11.4. The summed E-state index contributed by atoms with van der Waals surface area (Å²) in [5.41, 5.74) is 0.815. The molecule has 2 fully saturated rings. The van der Waals surface area contributed by atoms with Crippen LogP contribution in [0, 0.1) is 11.8 Å². The number of urea groups is 1. The van der Waals surface area contributed by atoms with E-state index in [1.165, 1.54) is 0 Å². The van der Waals surface area contributed by atoms with E-state index < -0.39 is 11.6 Å². The number of hydrogen-bond donors (Lipinski definition) is 1. The van der Waals surface area contributed by atoms with E-state index in [1.807, 2.05) is 60.7 Å². The average Bonchev–Trinajstić information content (AvgIpc) is 2.98. The number of carbonyl (C=O) groups is 3. The summed E-state index contributed by atoms with van der Waals surface area (Å²) in [7, 11) is 0. The highest BCUT2D eigenvalue weighted by Crippen LogP contribution is 2.28. The summed E-state index contributed by atoms with van der Waals surface area (Å²) < 4.78 is 0. The molecule has 2 aliphatic rings. The fourth-order valence-corrected chi connectivity index (χ4v) is 5.11. The molecular formula is C26H31N3O3. The van der Waals surface area contributed by atoms with Gasteiger partial charge in [0, 0.05) is 25.9 Å². The van der Waals surface area contributed by atoms with Crippen LogP contribution in [-0.2, 0) is 22.4 Å². The van der Waals surface area contributed by atoms with Crippen molar-refractivity contribution in [2.24, 2.45) is 11.8 Å². The Bertz CT molecular complexity index is 925. The lowest BCUT2D eigenvalue weighted by Gasteiger charge is -2.35.